The topological polar surface area (TPSA) is 71.8 Å². The number of halogens is 1. The maximum absolute atomic E-state index is 12.5. The van der Waals surface area contributed by atoms with Crippen molar-refractivity contribution in [2.45, 2.75) is 26.7 Å². The van der Waals surface area contributed by atoms with E-state index in [-0.39, 0.29) is 11.3 Å². The summed E-state index contributed by atoms with van der Waals surface area (Å²) in [5, 5.41) is 14.6. The molecule has 24 heavy (non-hydrogen) atoms. The third-order valence-corrected chi connectivity index (χ3v) is 5.14. The van der Waals surface area contributed by atoms with Gasteiger partial charge in [-0.3, -0.25) is 4.79 Å². The van der Waals surface area contributed by atoms with Gasteiger partial charge < -0.3 is 10.6 Å². The minimum Gasteiger partial charge on any atom is -0.350 e. The van der Waals surface area contributed by atoms with Crippen molar-refractivity contribution in [2.24, 2.45) is 5.41 Å². The molecule has 2 heterocycles. The molecule has 7 heteroatoms. The molecule has 0 saturated carbocycles. The minimum absolute atomic E-state index is 0.148. The van der Waals surface area contributed by atoms with Gasteiger partial charge in [0.25, 0.3) is 5.91 Å². The molecule has 0 bridgehead atoms. The van der Waals surface area contributed by atoms with Crippen LogP contribution in [-0.2, 0) is 0 Å². The Balaban J connectivity index is 1.72. The molecule has 128 valence electrons. The van der Waals surface area contributed by atoms with E-state index in [0.717, 1.165) is 41.8 Å². The van der Waals surface area contributed by atoms with E-state index in [0.29, 0.717) is 12.2 Å². The Bertz CT molecular complexity index is 736. The highest BCUT2D eigenvalue weighted by Crippen LogP contribution is 2.26. The summed E-state index contributed by atoms with van der Waals surface area (Å²) >= 11 is 3.45. The summed E-state index contributed by atoms with van der Waals surface area (Å²) in [7, 11) is 0. The average Bonchev–Trinajstić information content (AvgIpc) is 2.95. The van der Waals surface area contributed by atoms with Crippen LogP contribution in [0.1, 0.15) is 35.9 Å². The summed E-state index contributed by atoms with van der Waals surface area (Å²) in [5.41, 5.74) is 2.14. The first kappa shape index (κ1) is 17.1. The average molecular weight is 392 g/mol. The number of hydrogen-bond donors (Lipinski definition) is 2. The maximum atomic E-state index is 12.5. The molecule has 0 spiro atoms. The summed E-state index contributed by atoms with van der Waals surface area (Å²) in [4.78, 5) is 12.5. The van der Waals surface area contributed by atoms with Gasteiger partial charge in [0, 0.05) is 11.0 Å². The molecule has 0 unspecified atom stereocenters. The van der Waals surface area contributed by atoms with Gasteiger partial charge in [-0.15, -0.1) is 5.10 Å². The van der Waals surface area contributed by atoms with Crippen molar-refractivity contribution < 1.29 is 4.79 Å². The van der Waals surface area contributed by atoms with E-state index in [9.17, 15) is 4.79 Å². The number of nitrogens with zero attached hydrogens (tertiary/aromatic N) is 3. The second-order valence-corrected chi connectivity index (χ2v) is 7.57. The molecule has 1 saturated heterocycles. The van der Waals surface area contributed by atoms with Crippen LogP contribution in [0, 0.1) is 12.3 Å². The minimum atomic E-state index is -0.159. The van der Waals surface area contributed by atoms with E-state index >= 15 is 0 Å². The number of piperidine rings is 1. The van der Waals surface area contributed by atoms with Crippen LogP contribution < -0.4 is 10.6 Å². The van der Waals surface area contributed by atoms with Crippen LogP contribution in [0.25, 0.3) is 5.69 Å². The fourth-order valence-corrected chi connectivity index (χ4v) is 3.36. The van der Waals surface area contributed by atoms with Gasteiger partial charge in [0.05, 0.1) is 11.4 Å². The smallest absolute Gasteiger partial charge is 0.273 e. The summed E-state index contributed by atoms with van der Waals surface area (Å²) in [6.07, 6.45) is 2.13. The first-order valence-corrected chi connectivity index (χ1v) is 8.95. The van der Waals surface area contributed by atoms with Crippen LogP contribution in [0.5, 0.6) is 0 Å². The van der Waals surface area contributed by atoms with Gasteiger partial charge in [-0.25, -0.2) is 4.68 Å². The molecule has 2 N–H and O–H groups in total. The molecule has 1 amide bonds. The maximum Gasteiger partial charge on any atom is 0.273 e. The van der Waals surface area contributed by atoms with Crippen LogP contribution in [0.2, 0.25) is 0 Å². The van der Waals surface area contributed by atoms with Crippen LogP contribution in [0.15, 0.2) is 28.7 Å². The lowest BCUT2D eigenvalue weighted by Gasteiger charge is -2.34. The van der Waals surface area contributed by atoms with Crippen molar-refractivity contribution in [3.8, 4) is 5.69 Å². The summed E-state index contributed by atoms with van der Waals surface area (Å²) in [6.45, 7) is 6.76. The highest BCUT2D eigenvalue weighted by molar-refractivity contribution is 9.10. The number of rotatable bonds is 4. The molecular formula is C17H22BrN5O. The number of carbonyl (C=O) groups excluding carboxylic acids is 1. The van der Waals surface area contributed by atoms with Crippen molar-refractivity contribution in [3.05, 3.63) is 40.1 Å². The zero-order chi connectivity index (χ0) is 17.2. The standard InChI is InChI=1S/C17H22BrN5O/c1-12-15(16(24)20-11-17(2)6-8-19-9-7-17)21-22-23(12)14-5-3-4-13(18)10-14/h3-5,10,19H,6-9,11H2,1-2H3,(H,20,24). The van der Waals surface area contributed by atoms with Crippen LogP contribution in [0.4, 0.5) is 0 Å². The number of benzene rings is 1. The molecule has 0 atom stereocenters. The fraction of sp³-hybridized carbons (Fsp3) is 0.471. The van der Waals surface area contributed by atoms with Crippen molar-refractivity contribution in [1.29, 1.82) is 0 Å². The van der Waals surface area contributed by atoms with Crippen molar-refractivity contribution in [2.75, 3.05) is 19.6 Å². The first-order valence-electron chi connectivity index (χ1n) is 8.16. The predicted molar refractivity (Wildman–Crippen MR) is 96.3 cm³/mol. The lowest BCUT2D eigenvalue weighted by Crippen LogP contribution is -2.43. The molecule has 3 rings (SSSR count). The first-order chi connectivity index (χ1) is 11.5. The second kappa shape index (κ2) is 7.03. The van der Waals surface area contributed by atoms with Crippen LogP contribution in [0.3, 0.4) is 0 Å². The molecule has 1 aliphatic rings. The Kier molecular flexibility index (Phi) is 5.01. The van der Waals surface area contributed by atoms with E-state index in [2.05, 4.69) is 43.8 Å². The third kappa shape index (κ3) is 3.67. The van der Waals surface area contributed by atoms with Gasteiger partial charge in [0.2, 0.25) is 0 Å². The third-order valence-electron chi connectivity index (χ3n) is 4.65. The molecule has 6 nitrogen and oxygen atoms in total. The molecule has 0 aliphatic carbocycles. The fourth-order valence-electron chi connectivity index (χ4n) is 2.98. The number of amides is 1. The van der Waals surface area contributed by atoms with Gasteiger partial charge in [-0.2, -0.15) is 0 Å². The van der Waals surface area contributed by atoms with Crippen molar-refractivity contribution in [1.82, 2.24) is 25.6 Å². The highest BCUT2D eigenvalue weighted by atomic mass is 79.9. The van der Waals surface area contributed by atoms with E-state index in [1.807, 2.05) is 31.2 Å². The zero-order valence-corrected chi connectivity index (χ0v) is 15.6. The van der Waals surface area contributed by atoms with Crippen molar-refractivity contribution in [3.63, 3.8) is 0 Å². The zero-order valence-electron chi connectivity index (χ0n) is 14.0. The molecule has 0 radical (unpaired) electrons. The lowest BCUT2D eigenvalue weighted by molar-refractivity contribution is 0.0916. The van der Waals surface area contributed by atoms with E-state index in [4.69, 9.17) is 0 Å². The Morgan fingerprint density at radius 2 is 2.17 bits per heavy atom. The lowest BCUT2D eigenvalue weighted by atomic mass is 9.81. The van der Waals surface area contributed by atoms with Crippen LogP contribution in [-0.4, -0.2) is 40.5 Å². The quantitative estimate of drug-likeness (QED) is 0.839. The second-order valence-electron chi connectivity index (χ2n) is 6.66. The van der Waals surface area contributed by atoms with E-state index in [1.165, 1.54) is 0 Å². The van der Waals surface area contributed by atoms with E-state index in [1.54, 1.807) is 4.68 Å². The Morgan fingerprint density at radius 3 is 2.88 bits per heavy atom. The predicted octanol–water partition coefficient (Wildman–Crippen LogP) is 2.46. The largest absolute Gasteiger partial charge is 0.350 e. The molecule has 2 aromatic rings. The van der Waals surface area contributed by atoms with Gasteiger partial charge in [0.1, 0.15) is 0 Å². The van der Waals surface area contributed by atoms with Gasteiger partial charge >= 0.3 is 0 Å². The number of hydrogen-bond acceptors (Lipinski definition) is 4. The molecule has 1 aromatic heterocycles. The molecule has 1 aliphatic heterocycles. The Labute approximate surface area is 150 Å². The van der Waals surface area contributed by atoms with E-state index < -0.39 is 0 Å². The number of carbonyl (C=O) groups is 1. The summed E-state index contributed by atoms with van der Waals surface area (Å²) < 4.78 is 2.64. The number of nitrogens with one attached hydrogen (secondary N) is 2. The van der Waals surface area contributed by atoms with Gasteiger partial charge in [0.15, 0.2) is 5.69 Å². The Hall–Kier alpha value is -1.73. The highest BCUT2D eigenvalue weighted by Gasteiger charge is 2.28. The molecule has 1 aromatic carbocycles. The van der Waals surface area contributed by atoms with Crippen molar-refractivity contribution >= 4 is 21.8 Å². The normalized spacial score (nSPS) is 16.8. The Morgan fingerprint density at radius 1 is 1.42 bits per heavy atom. The van der Waals surface area contributed by atoms with Crippen LogP contribution >= 0.6 is 15.9 Å². The molecule has 1 fully saturated rings. The number of aromatic nitrogens is 3. The summed E-state index contributed by atoms with van der Waals surface area (Å²) in [6, 6.07) is 7.75. The van der Waals surface area contributed by atoms with Gasteiger partial charge in [-0.05, 0) is 56.5 Å². The monoisotopic (exact) mass is 391 g/mol. The molecular weight excluding hydrogens is 370 g/mol. The summed E-state index contributed by atoms with van der Waals surface area (Å²) in [5.74, 6) is -0.159. The van der Waals surface area contributed by atoms with Gasteiger partial charge in [-0.1, -0.05) is 34.1 Å². The SMILES string of the molecule is Cc1c(C(=O)NCC2(C)CCNCC2)nnn1-c1cccc(Br)c1.